The summed E-state index contributed by atoms with van der Waals surface area (Å²) in [5, 5.41) is 0. The maximum absolute atomic E-state index is 5.21. The third-order valence-corrected chi connectivity index (χ3v) is 9.93. The second-order valence-corrected chi connectivity index (χ2v) is 13.1. The van der Waals surface area contributed by atoms with Crippen LogP contribution in [0.25, 0.3) is 39.1 Å². The van der Waals surface area contributed by atoms with Crippen molar-refractivity contribution in [1.29, 1.82) is 0 Å². The molecule has 0 spiro atoms. The Labute approximate surface area is 277 Å². The van der Waals surface area contributed by atoms with Crippen LogP contribution < -0.4 is 0 Å². The van der Waals surface area contributed by atoms with E-state index >= 15 is 0 Å². The molecule has 8 rings (SSSR count). The highest BCUT2D eigenvalue weighted by Crippen LogP contribution is 2.50. The van der Waals surface area contributed by atoms with Crippen molar-refractivity contribution in [3.63, 3.8) is 0 Å². The SMILES string of the molecule is C=C(N=C(N=C(C)c1ccccc1)c1cccc2c1-c1ccccc1C2(C)C)c1ccc(-c2cccc3c2Cc2ccccc2-3)cc1. The van der Waals surface area contributed by atoms with E-state index in [1.807, 2.05) is 18.2 Å². The van der Waals surface area contributed by atoms with Gasteiger partial charge in [0.1, 0.15) is 0 Å². The Morgan fingerprint density at radius 3 is 2.02 bits per heavy atom. The van der Waals surface area contributed by atoms with Gasteiger partial charge in [-0.05, 0) is 80.1 Å². The highest BCUT2D eigenvalue weighted by atomic mass is 14.9. The van der Waals surface area contributed by atoms with Gasteiger partial charge in [-0.1, -0.05) is 160 Å². The predicted molar refractivity (Wildman–Crippen MR) is 198 cm³/mol. The number of amidine groups is 1. The van der Waals surface area contributed by atoms with Crippen molar-refractivity contribution in [2.45, 2.75) is 32.6 Å². The zero-order valence-electron chi connectivity index (χ0n) is 27.1. The second-order valence-electron chi connectivity index (χ2n) is 13.1. The fourth-order valence-corrected chi connectivity index (χ4v) is 7.45. The highest BCUT2D eigenvalue weighted by Gasteiger charge is 2.37. The van der Waals surface area contributed by atoms with Crippen molar-refractivity contribution >= 4 is 17.2 Å². The van der Waals surface area contributed by atoms with E-state index in [9.17, 15) is 0 Å². The summed E-state index contributed by atoms with van der Waals surface area (Å²) in [7, 11) is 0. The lowest BCUT2D eigenvalue weighted by molar-refractivity contribution is 0.660. The maximum Gasteiger partial charge on any atom is 0.160 e. The van der Waals surface area contributed by atoms with Crippen LogP contribution in [0.5, 0.6) is 0 Å². The summed E-state index contributed by atoms with van der Waals surface area (Å²) in [6, 6.07) is 49.7. The molecule has 0 aliphatic heterocycles. The van der Waals surface area contributed by atoms with Gasteiger partial charge < -0.3 is 0 Å². The van der Waals surface area contributed by atoms with Crippen molar-refractivity contribution in [2.24, 2.45) is 9.98 Å². The van der Waals surface area contributed by atoms with Crippen molar-refractivity contribution in [2.75, 3.05) is 0 Å². The molecule has 2 heteroatoms. The van der Waals surface area contributed by atoms with Crippen LogP contribution in [0.1, 0.15) is 59.7 Å². The largest absolute Gasteiger partial charge is 0.233 e. The predicted octanol–water partition coefficient (Wildman–Crippen LogP) is 11.2. The van der Waals surface area contributed by atoms with Crippen LogP contribution in [-0.2, 0) is 11.8 Å². The molecule has 2 nitrogen and oxygen atoms in total. The summed E-state index contributed by atoms with van der Waals surface area (Å²) < 4.78 is 0. The molecule has 0 N–H and O–H groups in total. The Morgan fingerprint density at radius 2 is 1.21 bits per heavy atom. The number of fused-ring (bicyclic) bond motifs is 6. The van der Waals surface area contributed by atoms with Gasteiger partial charge in [0.05, 0.1) is 5.70 Å². The normalized spacial score (nSPS) is 14.3. The van der Waals surface area contributed by atoms with E-state index in [-0.39, 0.29) is 5.41 Å². The number of hydrogen-bond acceptors (Lipinski definition) is 1. The molecular formula is C45H36N2. The highest BCUT2D eigenvalue weighted by molar-refractivity contribution is 6.16. The van der Waals surface area contributed by atoms with E-state index in [2.05, 4.69) is 149 Å². The summed E-state index contributed by atoms with van der Waals surface area (Å²) in [5.41, 5.74) is 17.6. The van der Waals surface area contributed by atoms with Crippen molar-refractivity contribution in [3.05, 3.63) is 185 Å². The zero-order chi connectivity index (χ0) is 32.1. The molecule has 2 aliphatic carbocycles. The molecule has 0 unspecified atom stereocenters. The Morgan fingerprint density at radius 1 is 0.574 bits per heavy atom. The van der Waals surface area contributed by atoms with E-state index in [0.717, 1.165) is 28.8 Å². The topological polar surface area (TPSA) is 24.7 Å². The molecule has 0 fully saturated rings. The summed E-state index contributed by atoms with van der Waals surface area (Å²) in [6.07, 6.45) is 0.962. The number of rotatable bonds is 5. The molecule has 0 saturated carbocycles. The minimum atomic E-state index is -0.114. The van der Waals surface area contributed by atoms with Gasteiger partial charge in [0.2, 0.25) is 0 Å². The number of benzene rings is 6. The maximum atomic E-state index is 5.21. The Balaban J connectivity index is 1.20. The first-order valence-corrected chi connectivity index (χ1v) is 16.3. The van der Waals surface area contributed by atoms with Crippen LogP contribution in [-0.4, -0.2) is 11.5 Å². The third kappa shape index (κ3) is 4.89. The van der Waals surface area contributed by atoms with Gasteiger partial charge in [-0.2, -0.15) is 0 Å². The molecule has 6 aromatic rings. The molecule has 226 valence electrons. The fraction of sp³-hybridized carbons (Fsp3) is 0.111. The number of nitrogens with zero attached hydrogens (tertiary/aromatic N) is 2. The van der Waals surface area contributed by atoms with Gasteiger partial charge in [0.15, 0.2) is 5.84 Å². The molecule has 0 saturated heterocycles. The molecule has 0 aromatic heterocycles. The van der Waals surface area contributed by atoms with Gasteiger partial charge in [0, 0.05) is 16.7 Å². The first-order valence-electron chi connectivity index (χ1n) is 16.3. The number of aliphatic imine (C=N–C) groups is 2. The average molecular weight is 605 g/mol. The standard InChI is InChI=1S/C45H36N2/c1-29(31-14-6-5-7-15-31)46-44(39-21-13-23-42-43(39)38-18-10-11-22-41(38)45(42,3)4)47-30(2)32-24-26-33(27-25-32)35-19-12-20-37-36-17-9-8-16-34(36)28-40(35)37/h5-27H,2,28H2,1,3-4H3. The second kappa shape index (κ2) is 11.3. The fourth-order valence-electron chi connectivity index (χ4n) is 7.45. The first-order chi connectivity index (χ1) is 22.9. The van der Waals surface area contributed by atoms with E-state index in [0.29, 0.717) is 11.5 Å². The minimum Gasteiger partial charge on any atom is -0.233 e. The number of hydrogen-bond donors (Lipinski definition) is 0. The lowest BCUT2D eigenvalue weighted by Crippen LogP contribution is -2.15. The molecule has 2 aliphatic rings. The smallest absolute Gasteiger partial charge is 0.160 e. The van der Waals surface area contributed by atoms with E-state index in [1.54, 1.807) is 0 Å². The van der Waals surface area contributed by atoms with Crippen LogP contribution in [0.4, 0.5) is 0 Å². The molecule has 0 amide bonds. The summed E-state index contributed by atoms with van der Waals surface area (Å²) in [5.74, 6) is 0.670. The average Bonchev–Trinajstić information content (AvgIpc) is 3.61. The van der Waals surface area contributed by atoms with E-state index in [4.69, 9.17) is 9.98 Å². The van der Waals surface area contributed by atoms with Gasteiger partial charge >= 0.3 is 0 Å². The van der Waals surface area contributed by atoms with Crippen LogP contribution in [0, 0.1) is 0 Å². The molecule has 0 heterocycles. The lowest BCUT2D eigenvalue weighted by Gasteiger charge is -2.21. The molecule has 47 heavy (non-hydrogen) atoms. The molecule has 0 bridgehead atoms. The summed E-state index contributed by atoms with van der Waals surface area (Å²) >= 11 is 0. The monoisotopic (exact) mass is 604 g/mol. The zero-order valence-corrected chi connectivity index (χ0v) is 27.1. The summed E-state index contributed by atoms with van der Waals surface area (Å²) in [4.78, 5) is 10.4. The first kappa shape index (κ1) is 28.8. The Hall–Kier alpha value is -5.60. The van der Waals surface area contributed by atoms with E-state index in [1.165, 1.54) is 55.6 Å². The lowest BCUT2D eigenvalue weighted by atomic mass is 9.82. The van der Waals surface area contributed by atoms with Crippen molar-refractivity contribution < 1.29 is 0 Å². The van der Waals surface area contributed by atoms with E-state index < -0.39 is 0 Å². The molecular weight excluding hydrogens is 569 g/mol. The molecule has 0 radical (unpaired) electrons. The summed E-state index contributed by atoms with van der Waals surface area (Å²) in [6.45, 7) is 11.1. The van der Waals surface area contributed by atoms with Crippen molar-refractivity contribution in [3.8, 4) is 33.4 Å². The van der Waals surface area contributed by atoms with Crippen molar-refractivity contribution in [1.82, 2.24) is 0 Å². The molecule has 6 aromatic carbocycles. The van der Waals surface area contributed by atoms with Gasteiger partial charge in [-0.25, -0.2) is 9.98 Å². The van der Waals surface area contributed by atoms with Crippen LogP contribution in [0.2, 0.25) is 0 Å². The third-order valence-electron chi connectivity index (χ3n) is 9.93. The minimum absolute atomic E-state index is 0.114. The Bertz CT molecular complexity index is 2250. The quantitative estimate of drug-likeness (QED) is 0.138. The van der Waals surface area contributed by atoms with Gasteiger partial charge in [-0.15, -0.1) is 0 Å². The molecule has 0 atom stereocenters. The van der Waals surface area contributed by atoms with Crippen LogP contribution in [0.15, 0.2) is 156 Å². The van der Waals surface area contributed by atoms with Crippen LogP contribution in [0.3, 0.4) is 0 Å². The van der Waals surface area contributed by atoms with Crippen LogP contribution >= 0.6 is 0 Å². The Kier molecular flexibility index (Phi) is 6.95. The van der Waals surface area contributed by atoms with Gasteiger partial charge in [-0.3, -0.25) is 0 Å². The van der Waals surface area contributed by atoms with Gasteiger partial charge in [0.25, 0.3) is 0 Å².